The number of esters is 1. The Bertz CT molecular complexity index is 594. The van der Waals surface area contributed by atoms with Gasteiger partial charge in [0.05, 0.1) is 7.11 Å². The van der Waals surface area contributed by atoms with Crippen LogP contribution in [0.25, 0.3) is 0 Å². The Morgan fingerprint density at radius 3 is 1.87 bits per heavy atom. The molecule has 0 aliphatic heterocycles. The summed E-state index contributed by atoms with van der Waals surface area (Å²) in [5, 5.41) is 2.69. The van der Waals surface area contributed by atoms with E-state index in [1.54, 1.807) is 48.5 Å². The summed E-state index contributed by atoms with van der Waals surface area (Å²) in [5.41, 5.74) is -1.75. The van der Waals surface area contributed by atoms with Gasteiger partial charge in [0, 0.05) is 0 Å². The number of carbonyl (C=O) groups is 1. The van der Waals surface area contributed by atoms with Crippen LogP contribution in [0.2, 0.25) is 0 Å². The van der Waals surface area contributed by atoms with E-state index in [1.165, 1.54) is 7.11 Å². The average Bonchev–Trinajstić information content (AvgIpc) is 2.61. The summed E-state index contributed by atoms with van der Waals surface area (Å²) in [6.07, 6.45) is 0. The second-order valence-corrected chi connectivity index (χ2v) is 5.20. The Morgan fingerprint density at radius 2 is 1.48 bits per heavy atom. The third kappa shape index (κ3) is 5.06. The second-order valence-electron chi connectivity index (χ2n) is 4.43. The van der Waals surface area contributed by atoms with E-state index in [9.17, 15) is 9.36 Å². The molecule has 0 saturated carbocycles. The van der Waals surface area contributed by atoms with E-state index >= 15 is 0 Å². The number of methoxy groups -OCH3 is 1. The molecule has 120 valence electrons. The molecule has 1 N–H and O–H groups in total. The van der Waals surface area contributed by atoms with Crippen molar-refractivity contribution in [1.82, 2.24) is 5.32 Å². The van der Waals surface area contributed by atoms with Crippen molar-refractivity contribution in [3.8, 4) is 11.5 Å². The summed E-state index contributed by atoms with van der Waals surface area (Å²) in [6.45, 7) is -0.231. The number of hydrogen-bond acceptors (Lipinski definition) is 6. The molecule has 2 aromatic rings. The van der Waals surface area contributed by atoms with E-state index in [4.69, 9.17) is 9.47 Å². The van der Waals surface area contributed by atoms with Gasteiger partial charge in [-0.1, -0.05) is 36.4 Å². The minimum absolute atomic E-state index is 0.231. The first kappa shape index (κ1) is 16.9. The normalized spacial score (nSPS) is 11.0. The van der Waals surface area contributed by atoms with E-state index in [0.717, 1.165) is 0 Å². The topological polar surface area (TPSA) is 73.9 Å². The van der Waals surface area contributed by atoms with Crippen LogP contribution in [0.3, 0.4) is 0 Å². The minimum Gasteiger partial charge on any atom is -0.468 e. The van der Waals surface area contributed by atoms with Crippen LogP contribution in [-0.2, 0) is 14.1 Å². The van der Waals surface area contributed by atoms with Gasteiger partial charge in [-0.15, -0.1) is 0 Å². The molecule has 0 atom stereocenters. The van der Waals surface area contributed by atoms with Crippen molar-refractivity contribution in [1.29, 1.82) is 0 Å². The lowest BCUT2D eigenvalue weighted by molar-refractivity contribution is -0.142. The fraction of sp³-hybridized carbons (Fsp3) is 0.188. The number of ether oxygens (including phenoxy) is 3. The summed E-state index contributed by atoms with van der Waals surface area (Å²) in [5.74, 6) is 0.333. The molecule has 0 aliphatic rings. The summed E-state index contributed by atoms with van der Waals surface area (Å²) < 4.78 is 27.7. The molecule has 0 amide bonds. The lowest BCUT2D eigenvalue weighted by atomic mass is 10.3. The van der Waals surface area contributed by atoms with E-state index in [0.29, 0.717) is 11.5 Å². The molecule has 0 heterocycles. The molecule has 2 rings (SSSR count). The SMILES string of the molecule is COC(=O)CNC(Oc1ccccc1)(Oc1ccccc1)P=O. The third-order valence-electron chi connectivity index (χ3n) is 2.80. The Morgan fingerprint density at radius 1 is 1.00 bits per heavy atom. The van der Waals surface area contributed by atoms with Crippen LogP contribution in [0.15, 0.2) is 60.7 Å². The molecular weight excluding hydrogens is 317 g/mol. The van der Waals surface area contributed by atoms with E-state index < -0.39 is 20.1 Å². The highest BCUT2D eigenvalue weighted by Gasteiger charge is 2.37. The summed E-state index contributed by atoms with van der Waals surface area (Å²) in [7, 11) is 0.763. The van der Waals surface area contributed by atoms with Gasteiger partial charge in [-0.25, -0.2) is 5.32 Å². The first-order chi connectivity index (χ1) is 11.2. The quantitative estimate of drug-likeness (QED) is 0.455. The molecule has 0 fully saturated rings. The number of hydrogen-bond donors (Lipinski definition) is 1. The van der Waals surface area contributed by atoms with Crippen molar-refractivity contribution in [2.24, 2.45) is 0 Å². The summed E-state index contributed by atoms with van der Waals surface area (Å²) in [4.78, 5) is 11.4. The maximum absolute atomic E-state index is 11.8. The van der Waals surface area contributed by atoms with E-state index in [-0.39, 0.29) is 6.54 Å². The van der Waals surface area contributed by atoms with E-state index in [1.807, 2.05) is 12.1 Å². The van der Waals surface area contributed by atoms with Gasteiger partial charge >= 0.3 is 11.6 Å². The predicted octanol–water partition coefficient (Wildman–Crippen LogP) is 2.81. The molecule has 0 unspecified atom stereocenters. The largest absolute Gasteiger partial charge is 0.468 e. The maximum atomic E-state index is 11.8. The Labute approximate surface area is 135 Å². The Hall–Kier alpha value is -2.43. The molecule has 0 radical (unpaired) electrons. The van der Waals surface area contributed by atoms with Gasteiger partial charge < -0.3 is 14.2 Å². The van der Waals surface area contributed by atoms with Crippen LogP contribution in [0.5, 0.6) is 11.5 Å². The van der Waals surface area contributed by atoms with Crippen LogP contribution in [0, 0.1) is 0 Å². The highest BCUT2D eigenvalue weighted by Crippen LogP contribution is 2.28. The number of carbonyl (C=O) groups excluding carboxylic acids is 1. The third-order valence-corrected chi connectivity index (χ3v) is 3.38. The van der Waals surface area contributed by atoms with Crippen molar-refractivity contribution >= 4 is 14.4 Å². The molecule has 0 aromatic heterocycles. The van der Waals surface area contributed by atoms with Crippen molar-refractivity contribution in [2.75, 3.05) is 13.7 Å². The van der Waals surface area contributed by atoms with Crippen LogP contribution in [-0.4, -0.2) is 25.3 Å². The lowest BCUT2D eigenvalue weighted by Crippen LogP contribution is -2.52. The molecular formula is C16H16NO5P. The lowest BCUT2D eigenvalue weighted by Gasteiger charge is -2.28. The number of para-hydroxylation sites is 2. The molecule has 6 nitrogen and oxygen atoms in total. The average molecular weight is 333 g/mol. The zero-order valence-electron chi connectivity index (χ0n) is 12.5. The zero-order valence-corrected chi connectivity index (χ0v) is 13.4. The van der Waals surface area contributed by atoms with Crippen LogP contribution in [0.1, 0.15) is 0 Å². The summed E-state index contributed by atoms with van der Waals surface area (Å²) in [6, 6.07) is 17.5. The summed E-state index contributed by atoms with van der Waals surface area (Å²) >= 11 is 0. The highest BCUT2D eigenvalue weighted by molar-refractivity contribution is 7.25. The molecule has 0 bridgehead atoms. The second kappa shape index (κ2) is 8.27. The van der Waals surface area contributed by atoms with Gasteiger partial charge in [-0.05, 0) is 24.3 Å². The Kier molecular flexibility index (Phi) is 6.09. The van der Waals surface area contributed by atoms with Gasteiger partial charge in [-0.3, -0.25) is 9.36 Å². The monoisotopic (exact) mass is 333 g/mol. The fourth-order valence-corrected chi connectivity index (χ4v) is 2.14. The van der Waals surface area contributed by atoms with Crippen LogP contribution < -0.4 is 14.8 Å². The number of nitrogens with one attached hydrogen (secondary N) is 1. The molecule has 0 aliphatic carbocycles. The van der Waals surface area contributed by atoms with Crippen LogP contribution in [0.4, 0.5) is 0 Å². The smallest absolute Gasteiger partial charge is 0.398 e. The van der Waals surface area contributed by atoms with Gasteiger partial charge in [0.1, 0.15) is 18.0 Å². The predicted molar refractivity (Wildman–Crippen MR) is 84.5 cm³/mol. The first-order valence-corrected chi connectivity index (χ1v) is 7.63. The van der Waals surface area contributed by atoms with Gasteiger partial charge in [-0.2, -0.15) is 0 Å². The van der Waals surface area contributed by atoms with Gasteiger partial charge in [0.25, 0.3) is 8.46 Å². The fourth-order valence-electron chi connectivity index (χ4n) is 1.72. The van der Waals surface area contributed by atoms with Crippen LogP contribution >= 0.6 is 8.46 Å². The van der Waals surface area contributed by atoms with Crippen molar-refractivity contribution in [2.45, 2.75) is 5.65 Å². The van der Waals surface area contributed by atoms with Gasteiger partial charge in [0.2, 0.25) is 0 Å². The highest BCUT2D eigenvalue weighted by atomic mass is 31.1. The maximum Gasteiger partial charge on any atom is 0.398 e. The van der Waals surface area contributed by atoms with Crippen molar-refractivity contribution < 1.29 is 23.6 Å². The number of benzene rings is 2. The minimum atomic E-state index is -1.75. The van der Waals surface area contributed by atoms with Crippen molar-refractivity contribution in [3.63, 3.8) is 0 Å². The Balaban J connectivity index is 2.23. The zero-order chi connectivity index (χ0) is 16.5. The molecule has 2 aromatic carbocycles. The van der Waals surface area contributed by atoms with Gasteiger partial charge in [0.15, 0.2) is 0 Å². The standard InChI is InChI=1S/C16H16NO5P/c1-20-15(18)12-17-16(23-19,21-13-8-4-2-5-9-13)22-14-10-6-3-7-11-14/h2-11,17H,12H2,1H3. The first-order valence-electron chi connectivity index (χ1n) is 6.82. The molecule has 23 heavy (non-hydrogen) atoms. The number of rotatable bonds is 8. The van der Waals surface area contributed by atoms with Crippen molar-refractivity contribution in [3.05, 3.63) is 60.7 Å². The van der Waals surface area contributed by atoms with E-state index in [2.05, 4.69) is 10.1 Å². The molecule has 0 spiro atoms. The molecule has 0 saturated heterocycles. The molecule has 7 heteroatoms.